The molecule has 1 fully saturated rings. The van der Waals surface area contributed by atoms with Gasteiger partial charge in [-0.1, -0.05) is 13.8 Å². The second-order valence-electron chi connectivity index (χ2n) is 12.4. The van der Waals surface area contributed by atoms with Crippen molar-refractivity contribution >= 4 is 34.1 Å². The molecule has 0 saturated carbocycles. The number of nitrogens with zero attached hydrogens (tertiary/aromatic N) is 5. The van der Waals surface area contributed by atoms with Crippen molar-refractivity contribution in [2.45, 2.75) is 79.1 Å². The number of carbonyl (C=O) groups is 2. The van der Waals surface area contributed by atoms with Gasteiger partial charge in [0, 0.05) is 49.4 Å². The summed E-state index contributed by atoms with van der Waals surface area (Å²) in [5.41, 5.74) is 3.39. The average molecular weight is 575 g/mol. The highest BCUT2D eigenvalue weighted by Crippen LogP contribution is 2.35. The van der Waals surface area contributed by atoms with E-state index >= 15 is 0 Å². The number of carbonyl (C=O) groups excluding carboxylic acids is 2. The Morgan fingerprint density at radius 2 is 1.95 bits per heavy atom. The normalized spacial score (nSPS) is 15.9. The minimum Gasteiger partial charge on any atom is -0.494 e. The van der Waals surface area contributed by atoms with Crippen LogP contribution in [0.1, 0.15) is 64.7 Å². The van der Waals surface area contributed by atoms with Crippen LogP contribution >= 0.6 is 0 Å². The molecule has 224 valence electrons. The van der Waals surface area contributed by atoms with E-state index in [-0.39, 0.29) is 11.9 Å². The van der Waals surface area contributed by atoms with Crippen molar-refractivity contribution in [2.75, 3.05) is 20.2 Å². The molecule has 10 nitrogen and oxygen atoms in total. The van der Waals surface area contributed by atoms with Crippen molar-refractivity contribution in [3.63, 3.8) is 0 Å². The fourth-order valence-electron chi connectivity index (χ4n) is 5.78. The van der Waals surface area contributed by atoms with Crippen LogP contribution in [0.4, 0.5) is 4.79 Å². The van der Waals surface area contributed by atoms with E-state index in [2.05, 4.69) is 52.3 Å². The quantitative estimate of drug-likeness (QED) is 0.296. The summed E-state index contributed by atoms with van der Waals surface area (Å²) in [5, 5.41) is 3.99. The van der Waals surface area contributed by atoms with E-state index in [1.807, 2.05) is 45.2 Å². The fourth-order valence-corrected chi connectivity index (χ4v) is 5.78. The van der Waals surface area contributed by atoms with Gasteiger partial charge in [0.1, 0.15) is 22.5 Å². The lowest BCUT2D eigenvalue weighted by atomic mass is 10.0. The summed E-state index contributed by atoms with van der Waals surface area (Å²) >= 11 is 0. The van der Waals surface area contributed by atoms with Gasteiger partial charge in [-0.05, 0) is 76.8 Å². The van der Waals surface area contributed by atoms with Gasteiger partial charge in [0.2, 0.25) is 0 Å². The van der Waals surface area contributed by atoms with Crippen molar-refractivity contribution in [3.05, 3.63) is 42.1 Å². The van der Waals surface area contributed by atoms with E-state index in [0.29, 0.717) is 35.8 Å². The average Bonchev–Trinajstić information content (AvgIpc) is 3.48. The first-order valence-corrected chi connectivity index (χ1v) is 14.8. The maximum absolute atomic E-state index is 13.8. The monoisotopic (exact) mass is 574 g/mol. The third-order valence-corrected chi connectivity index (χ3v) is 7.45. The smallest absolute Gasteiger partial charge is 0.407 e. The number of methoxy groups -OCH3 is 1. The van der Waals surface area contributed by atoms with Gasteiger partial charge in [-0.3, -0.25) is 4.79 Å². The van der Waals surface area contributed by atoms with E-state index in [9.17, 15) is 9.59 Å². The number of likely N-dealkylation sites (tertiary alicyclic amines) is 1. The number of alkyl carbamates (subject to hydrolysis) is 1. The molecule has 4 heterocycles. The zero-order chi connectivity index (χ0) is 30.2. The number of piperidine rings is 1. The zero-order valence-corrected chi connectivity index (χ0v) is 25.7. The molecule has 2 amide bonds. The molecule has 0 spiro atoms. The first kappa shape index (κ1) is 29.4. The first-order chi connectivity index (χ1) is 20.0. The molecule has 0 aliphatic carbocycles. The number of hydrogen-bond donors (Lipinski definition) is 1. The van der Waals surface area contributed by atoms with E-state index in [4.69, 9.17) is 14.5 Å². The molecule has 42 heavy (non-hydrogen) atoms. The van der Waals surface area contributed by atoms with Crippen LogP contribution in [0.5, 0.6) is 5.75 Å². The van der Waals surface area contributed by atoms with Crippen LogP contribution in [0.2, 0.25) is 0 Å². The standard InChI is InChI=1S/C32H42N6O4/c1-8-37-25(16-21-11-9-13-33-28(21)37)29-35-24-15-22(17-26(41-7)27(24)38(29)18-20(2)3)30(39)36-14-10-12-23(19-36)34-31(40)42-32(4,5)6/h9,11,13,15-17,20,23H,8,10,12,14,18-19H2,1-7H3,(H,34,40)/t23-/m1/s1. The van der Waals surface area contributed by atoms with Crippen LogP contribution in [0.25, 0.3) is 33.6 Å². The number of pyridine rings is 1. The van der Waals surface area contributed by atoms with Gasteiger partial charge in [0.25, 0.3) is 5.91 Å². The lowest BCUT2D eigenvalue weighted by molar-refractivity contribution is 0.0452. The van der Waals surface area contributed by atoms with E-state index < -0.39 is 11.7 Å². The number of amides is 2. The Kier molecular flexibility index (Phi) is 8.17. The number of aryl methyl sites for hydroxylation is 1. The van der Waals surface area contributed by atoms with Gasteiger partial charge in [-0.2, -0.15) is 0 Å². The molecule has 1 aliphatic heterocycles. The van der Waals surface area contributed by atoms with Crippen molar-refractivity contribution in [1.29, 1.82) is 0 Å². The highest BCUT2D eigenvalue weighted by Gasteiger charge is 2.29. The molecule has 1 aromatic carbocycles. The molecule has 1 N–H and O–H groups in total. The second-order valence-corrected chi connectivity index (χ2v) is 12.4. The van der Waals surface area contributed by atoms with Crippen LogP contribution in [-0.2, 0) is 17.8 Å². The summed E-state index contributed by atoms with van der Waals surface area (Å²) in [5.74, 6) is 1.67. The number of hydrogen-bond acceptors (Lipinski definition) is 6. The van der Waals surface area contributed by atoms with Crippen LogP contribution in [-0.4, -0.2) is 67.8 Å². The topological polar surface area (TPSA) is 104 Å². The summed E-state index contributed by atoms with van der Waals surface area (Å²) in [6.07, 6.45) is 2.92. The molecule has 1 aliphatic rings. The molecule has 1 saturated heterocycles. The Morgan fingerprint density at radius 3 is 2.64 bits per heavy atom. The molecule has 4 aromatic rings. The Hall–Kier alpha value is -4.08. The fraction of sp³-hybridized carbons (Fsp3) is 0.500. The van der Waals surface area contributed by atoms with Crippen LogP contribution < -0.4 is 10.1 Å². The second kappa shape index (κ2) is 11.7. The summed E-state index contributed by atoms with van der Waals surface area (Å²) in [6.45, 7) is 14.5. The van der Waals surface area contributed by atoms with Gasteiger partial charge < -0.3 is 28.8 Å². The molecule has 0 unspecified atom stereocenters. The number of benzene rings is 1. The molecule has 1 atom stereocenters. The third-order valence-electron chi connectivity index (χ3n) is 7.45. The van der Waals surface area contributed by atoms with Gasteiger partial charge in [0.05, 0.1) is 18.3 Å². The highest BCUT2D eigenvalue weighted by atomic mass is 16.6. The molecule has 0 bridgehead atoms. The van der Waals surface area contributed by atoms with Crippen molar-refractivity contribution in [3.8, 4) is 17.3 Å². The minimum atomic E-state index is -0.583. The molecular weight excluding hydrogens is 532 g/mol. The SMILES string of the molecule is CCn1c(-c2nc3cc(C(=O)N4CCC[C@@H](NC(=O)OC(C)(C)C)C4)cc(OC)c3n2CC(C)C)cc2cccnc21. The summed E-state index contributed by atoms with van der Waals surface area (Å²) < 4.78 is 15.7. The van der Waals surface area contributed by atoms with Crippen molar-refractivity contribution in [2.24, 2.45) is 5.92 Å². The lowest BCUT2D eigenvalue weighted by Crippen LogP contribution is -2.50. The van der Waals surface area contributed by atoms with E-state index in [0.717, 1.165) is 54.0 Å². The number of fused-ring (bicyclic) bond motifs is 2. The maximum atomic E-state index is 13.8. The lowest BCUT2D eigenvalue weighted by Gasteiger charge is -2.33. The van der Waals surface area contributed by atoms with Gasteiger partial charge in [0.15, 0.2) is 5.82 Å². The molecule has 10 heteroatoms. The summed E-state index contributed by atoms with van der Waals surface area (Å²) in [6, 6.07) is 9.64. The molecule has 3 aromatic heterocycles. The predicted octanol–water partition coefficient (Wildman–Crippen LogP) is 5.87. The number of ether oxygens (including phenoxy) is 2. The van der Waals surface area contributed by atoms with Gasteiger partial charge in [-0.15, -0.1) is 0 Å². The molecular formula is C32H42N6O4. The van der Waals surface area contributed by atoms with E-state index in [1.54, 1.807) is 12.0 Å². The Bertz CT molecular complexity index is 1610. The van der Waals surface area contributed by atoms with Crippen molar-refractivity contribution in [1.82, 2.24) is 29.3 Å². The Labute approximate surface area is 247 Å². The van der Waals surface area contributed by atoms with Crippen LogP contribution in [0, 0.1) is 5.92 Å². The van der Waals surface area contributed by atoms with Gasteiger partial charge >= 0.3 is 6.09 Å². The molecule has 0 radical (unpaired) electrons. The summed E-state index contributed by atoms with van der Waals surface area (Å²) in [7, 11) is 1.63. The third kappa shape index (κ3) is 5.93. The number of rotatable bonds is 7. The van der Waals surface area contributed by atoms with Gasteiger partial charge in [-0.25, -0.2) is 14.8 Å². The van der Waals surface area contributed by atoms with Crippen LogP contribution in [0.15, 0.2) is 36.5 Å². The largest absolute Gasteiger partial charge is 0.494 e. The maximum Gasteiger partial charge on any atom is 0.407 e. The highest BCUT2D eigenvalue weighted by molar-refractivity contribution is 6.00. The predicted molar refractivity (Wildman–Crippen MR) is 164 cm³/mol. The Morgan fingerprint density at radius 1 is 1.17 bits per heavy atom. The first-order valence-electron chi connectivity index (χ1n) is 14.8. The Balaban J connectivity index is 1.52. The zero-order valence-electron chi connectivity index (χ0n) is 25.7. The summed E-state index contributed by atoms with van der Waals surface area (Å²) in [4.78, 5) is 37.7. The molecule has 5 rings (SSSR count). The number of nitrogens with one attached hydrogen (secondary N) is 1. The van der Waals surface area contributed by atoms with Crippen molar-refractivity contribution < 1.29 is 19.1 Å². The van der Waals surface area contributed by atoms with Crippen LogP contribution in [0.3, 0.4) is 0 Å². The number of aromatic nitrogens is 4. The number of imidazole rings is 1. The minimum absolute atomic E-state index is 0.113. The van der Waals surface area contributed by atoms with E-state index in [1.165, 1.54) is 0 Å².